The smallest absolute Gasteiger partial charge is 0.128 e. The average molecular weight is 262 g/mol. The number of fused-ring (bicyclic) bond motifs is 2. The highest BCUT2D eigenvalue weighted by Gasteiger charge is 2.41. The van der Waals surface area contributed by atoms with Gasteiger partial charge in [0.2, 0.25) is 0 Å². The number of nitrogens with two attached hydrogens (primary N) is 1. The zero-order valence-electron chi connectivity index (χ0n) is 11.7. The van der Waals surface area contributed by atoms with Crippen molar-refractivity contribution in [2.45, 2.75) is 45.6 Å². The van der Waals surface area contributed by atoms with Crippen LogP contribution >= 0.6 is 0 Å². The Morgan fingerprint density at radius 3 is 2.74 bits per heavy atom. The van der Waals surface area contributed by atoms with Crippen LogP contribution in [0.1, 0.15) is 38.2 Å². The lowest BCUT2D eigenvalue weighted by molar-refractivity contribution is 0.304. The lowest BCUT2D eigenvalue weighted by Gasteiger charge is -2.29. The quantitative estimate of drug-likeness (QED) is 0.809. The highest BCUT2D eigenvalue weighted by molar-refractivity contribution is 5.67. The standard InChI is InChI=1S/C16H23FN2/c1-9-5-16(15(18)8-14(9)17)19-10(2)13-7-11-3-4-12(13)6-11/h5,8,10-13,19H,3-4,6-7,18H2,1-2H3. The van der Waals surface area contributed by atoms with Crippen molar-refractivity contribution in [2.24, 2.45) is 17.8 Å². The number of nitrogen functional groups attached to an aromatic ring is 1. The molecule has 2 bridgehead atoms. The van der Waals surface area contributed by atoms with Gasteiger partial charge in [0.25, 0.3) is 0 Å². The molecule has 2 nitrogen and oxygen atoms in total. The van der Waals surface area contributed by atoms with Crippen LogP contribution in [0, 0.1) is 30.5 Å². The van der Waals surface area contributed by atoms with Crippen molar-refractivity contribution in [1.82, 2.24) is 0 Å². The third-order valence-electron chi connectivity index (χ3n) is 5.15. The third-order valence-corrected chi connectivity index (χ3v) is 5.15. The van der Waals surface area contributed by atoms with Gasteiger partial charge in [-0.1, -0.05) is 6.42 Å². The molecule has 19 heavy (non-hydrogen) atoms. The van der Waals surface area contributed by atoms with E-state index in [0.29, 0.717) is 17.3 Å². The van der Waals surface area contributed by atoms with Gasteiger partial charge >= 0.3 is 0 Å². The number of hydrogen-bond donors (Lipinski definition) is 2. The van der Waals surface area contributed by atoms with Crippen LogP contribution in [0.3, 0.4) is 0 Å². The molecule has 3 heteroatoms. The lowest BCUT2D eigenvalue weighted by Crippen LogP contribution is -2.30. The predicted octanol–water partition coefficient (Wildman–Crippen LogP) is 3.95. The van der Waals surface area contributed by atoms with Crippen molar-refractivity contribution >= 4 is 11.4 Å². The van der Waals surface area contributed by atoms with Gasteiger partial charge in [-0.2, -0.15) is 0 Å². The molecule has 0 spiro atoms. The molecule has 3 rings (SSSR count). The molecule has 2 saturated carbocycles. The van der Waals surface area contributed by atoms with Crippen molar-refractivity contribution in [3.63, 3.8) is 0 Å². The maximum Gasteiger partial charge on any atom is 0.128 e. The number of hydrogen-bond acceptors (Lipinski definition) is 2. The van der Waals surface area contributed by atoms with E-state index < -0.39 is 0 Å². The fourth-order valence-corrected chi connectivity index (χ4v) is 4.08. The van der Waals surface area contributed by atoms with Gasteiger partial charge in [0.1, 0.15) is 5.82 Å². The van der Waals surface area contributed by atoms with E-state index in [4.69, 9.17) is 5.73 Å². The van der Waals surface area contributed by atoms with E-state index in [1.807, 2.05) is 6.07 Å². The minimum absolute atomic E-state index is 0.226. The van der Waals surface area contributed by atoms with E-state index in [1.54, 1.807) is 6.92 Å². The van der Waals surface area contributed by atoms with Crippen LogP contribution in [0.4, 0.5) is 15.8 Å². The van der Waals surface area contributed by atoms with Gasteiger partial charge in [-0.25, -0.2) is 4.39 Å². The second-order valence-electron chi connectivity index (χ2n) is 6.46. The first-order chi connectivity index (χ1) is 9.04. The van der Waals surface area contributed by atoms with Crippen molar-refractivity contribution in [3.8, 4) is 0 Å². The molecule has 0 saturated heterocycles. The normalized spacial score (nSPS) is 30.6. The van der Waals surface area contributed by atoms with Gasteiger partial charge in [0, 0.05) is 6.04 Å². The number of nitrogens with one attached hydrogen (secondary N) is 1. The molecule has 3 N–H and O–H groups in total. The molecule has 2 aliphatic rings. The zero-order chi connectivity index (χ0) is 13.6. The van der Waals surface area contributed by atoms with Gasteiger partial charge in [-0.3, -0.25) is 0 Å². The molecule has 0 aromatic heterocycles. The summed E-state index contributed by atoms with van der Waals surface area (Å²) >= 11 is 0. The summed E-state index contributed by atoms with van der Waals surface area (Å²) in [6, 6.07) is 3.67. The first-order valence-corrected chi connectivity index (χ1v) is 7.36. The summed E-state index contributed by atoms with van der Waals surface area (Å²) in [6.07, 6.45) is 5.57. The van der Waals surface area contributed by atoms with Crippen molar-refractivity contribution in [1.29, 1.82) is 0 Å². The van der Waals surface area contributed by atoms with Crippen LogP contribution < -0.4 is 11.1 Å². The number of halogens is 1. The largest absolute Gasteiger partial charge is 0.397 e. The Balaban J connectivity index is 1.73. The summed E-state index contributed by atoms with van der Waals surface area (Å²) in [5.74, 6) is 2.36. The van der Waals surface area contributed by atoms with E-state index in [0.717, 1.165) is 23.4 Å². The minimum atomic E-state index is -0.226. The van der Waals surface area contributed by atoms with E-state index in [1.165, 1.54) is 31.7 Å². The fourth-order valence-electron chi connectivity index (χ4n) is 4.08. The molecular weight excluding hydrogens is 239 g/mol. The molecule has 2 fully saturated rings. The van der Waals surface area contributed by atoms with Crippen LogP contribution in [0.25, 0.3) is 0 Å². The Labute approximate surface area is 114 Å². The van der Waals surface area contributed by atoms with E-state index in [2.05, 4.69) is 12.2 Å². The fraction of sp³-hybridized carbons (Fsp3) is 0.625. The summed E-state index contributed by atoms with van der Waals surface area (Å²) in [4.78, 5) is 0. The van der Waals surface area contributed by atoms with E-state index in [9.17, 15) is 4.39 Å². The molecule has 104 valence electrons. The predicted molar refractivity (Wildman–Crippen MR) is 77.6 cm³/mol. The van der Waals surface area contributed by atoms with Gasteiger partial charge in [-0.15, -0.1) is 0 Å². The molecule has 0 radical (unpaired) electrons. The molecule has 4 atom stereocenters. The highest BCUT2D eigenvalue weighted by Crippen LogP contribution is 2.50. The van der Waals surface area contributed by atoms with E-state index >= 15 is 0 Å². The summed E-state index contributed by atoms with van der Waals surface area (Å²) in [5, 5.41) is 3.51. The molecule has 0 amide bonds. The number of rotatable bonds is 3. The van der Waals surface area contributed by atoms with E-state index in [-0.39, 0.29) is 5.82 Å². The van der Waals surface area contributed by atoms with Crippen LogP contribution in [-0.4, -0.2) is 6.04 Å². The Morgan fingerprint density at radius 1 is 1.32 bits per heavy atom. The number of aryl methyl sites for hydroxylation is 1. The first kappa shape index (κ1) is 12.8. The Bertz CT molecular complexity index is 486. The number of benzene rings is 1. The summed E-state index contributed by atoms with van der Waals surface area (Å²) in [7, 11) is 0. The van der Waals surface area contributed by atoms with Gasteiger partial charge in [0.15, 0.2) is 0 Å². The first-order valence-electron chi connectivity index (χ1n) is 7.36. The lowest BCUT2D eigenvalue weighted by atomic mass is 9.84. The van der Waals surface area contributed by atoms with Crippen molar-refractivity contribution in [2.75, 3.05) is 11.1 Å². The Kier molecular flexibility index (Phi) is 3.15. The van der Waals surface area contributed by atoms with Crippen LogP contribution in [-0.2, 0) is 0 Å². The Morgan fingerprint density at radius 2 is 2.11 bits per heavy atom. The molecule has 1 aromatic carbocycles. The molecule has 1 aromatic rings. The van der Waals surface area contributed by atoms with Crippen LogP contribution in [0.2, 0.25) is 0 Å². The van der Waals surface area contributed by atoms with Crippen LogP contribution in [0.15, 0.2) is 12.1 Å². The maximum atomic E-state index is 13.4. The molecule has 0 aliphatic heterocycles. The Hall–Kier alpha value is -1.25. The highest BCUT2D eigenvalue weighted by atomic mass is 19.1. The summed E-state index contributed by atoms with van der Waals surface area (Å²) in [6.45, 7) is 4.02. The maximum absolute atomic E-state index is 13.4. The molecule has 2 aliphatic carbocycles. The average Bonchev–Trinajstić information content (AvgIpc) is 2.98. The topological polar surface area (TPSA) is 38.0 Å². The monoisotopic (exact) mass is 262 g/mol. The van der Waals surface area contributed by atoms with Crippen molar-refractivity contribution in [3.05, 3.63) is 23.5 Å². The second kappa shape index (κ2) is 4.69. The second-order valence-corrected chi connectivity index (χ2v) is 6.46. The van der Waals surface area contributed by atoms with Gasteiger partial charge in [0.05, 0.1) is 11.4 Å². The zero-order valence-corrected chi connectivity index (χ0v) is 11.7. The summed E-state index contributed by atoms with van der Waals surface area (Å²) < 4.78 is 13.4. The third kappa shape index (κ3) is 2.31. The molecular formula is C16H23FN2. The number of anilines is 2. The minimum Gasteiger partial charge on any atom is -0.397 e. The molecule has 4 unspecified atom stereocenters. The van der Waals surface area contributed by atoms with Crippen LogP contribution in [0.5, 0.6) is 0 Å². The SMILES string of the molecule is Cc1cc(NC(C)C2CC3CCC2C3)c(N)cc1F. The van der Waals surface area contributed by atoms with Gasteiger partial charge in [-0.05, 0) is 68.6 Å². The van der Waals surface area contributed by atoms with Crippen molar-refractivity contribution < 1.29 is 4.39 Å². The molecule has 0 heterocycles. The van der Waals surface area contributed by atoms with Gasteiger partial charge < -0.3 is 11.1 Å². The summed E-state index contributed by atoms with van der Waals surface area (Å²) in [5.41, 5.74) is 7.96.